The zero-order valence-electron chi connectivity index (χ0n) is 11.2. The van der Waals surface area contributed by atoms with Crippen molar-refractivity contribution < 1.29 is 4.74 Å². The predicted octanol–water partition coefficient (Wildman–Crippen LogP) is 1.77. The molecule has 0 amide bonds. The molecule has 0 saturated heterocycles. The van der Waals surface area contributed by atoms with Crippen LogP contribution >= 0.6 is 0 Å². The highest BCUT2D eigenvalue weighted by atomic mass is 16.5. The number of guanidine groups is 1. The fraction of sp³-hybridized carbons (Fsp3) is 0.917. The van der Waals surface area contributed by atoms with Gasteiger partial charge in [0.2, 0.25) is 0 Å². The monoisotopic (exact) mass is 229 g/mol. The van der Waals surface area contributed by atoms with Crippen molar-refractivity contribution in [3.8, 4) is 0 Å². The Labute approximate surface area is 99.9 Å². The van der Waals surface area contributed by atoms with Gasteiger partial charge in [0.25, 0.3) is 0 Å². The van der Waals surface area contributed by atoms with E-state index < -0.39 is 0 Å². The normalized spacial score (nSPS) is 13.6. The summed E-state index contributed by atoms with van der Waals surface area (Å²) in [5, 5.41) is 6.57. The topological polar surface area (TPSA) is 45.7 Å². The van der Waals surface area contributed by atoms with Crippen LogP contribution in [-0.4, -0.2) is 39.3 Å². The Kier molecular flexibility index (Phi) is 10.2. The van der Waals surface area contributed by atoms with E-state index in [1.807, 2.05) is 0 Å². The molecular weight excluding hydrogens is 202 g/mol. The van der Waals surface area contributed by atoms with Crippen LogP contribution in [0.2, 0.25) is 0 Å². The number of methoxy groups -OCH3 is 1. The molecule has 0 aromatic heterocycles. The molecule has 16 heavy (non-hydrogen) atoms. The molecular formula is C12H27N3O. The quantitative estimate of drug-likeness (QED) is 0.379. The van der Waals surface area contributed by atoms with Crippen LogP contribution < -0.4 is 10.6 Å². The number of hydrogen-bond donors (Lipinski definition) is 2. The van der Waals surface area contributed by atoms with Crippen LogP contribution in [0.4, 0.5) is 0 Å². The van der Waals surface area contributed by atoms with Crippen LogP contribution in [0, 0.1) is 0 Å². The number of ether oxygens (including phenoxy) is 1. The lowest BCUT2D eigenvalue weighted by Gasteiger charge is -2.17. The van der Waals surface area contributed by atoms with Crippen molar-refractivity contribution >= 4 is 5.96 Å². The smallest absolute Gasteiger partial charge is 0.191 e. The maximum absolute atomic E-state index is 5.06. The van der Waals surface area contributed by atoms with Gasteiger partial charge in [-0.3, -0.25) is 4.99 Å². The number of nitrogens with one attached hydrogen (secondary N) is 2. The van der Waals surface area contributed by atoms with E-state index in [0.717, 1.165) is 12.5 Å². The molecule has 0 spiro atoms. The highest BCUT2D eigenvalue weighted by molar-refractivity contribution is 5.79. The number of hydrogen-bond acceptors (Lipinski definition) is 2. The van der Waals surface area contributed by atoms with Crippen molar-refractivity contribution in [3.05, 3.63) is 0 Å². The summed E-state index contributed by atoms with van der Waals surface area (Å²) < 4.78 is 5.06. The van der Waals surface area contributed by atoms with E-state index in [1.165, 1.54) is 25.7 Å². The fourth-order valence-electron chi connectivity index (χ4n) is 1.48. The molecule has 0 aromatic rings. The van der Waals surface area contributed by atoms with Crippen molar-refractivity contribution in [1.82, 2.24) is 10.6 Å². The van der Waals surface area contributed by atoms with Crippen molar-refractivity contribution in [2.45, 2.75) is 45.6 Å². The summed E-state index contributed by atoms with van der Waals surface area (Å²) in [6, 6.07) is 0.284. The van der Waals surface area contributed by atoms with Crippen molar-refractivity contribution in [3.63, 3.8) is 0 Å². The molecule has 0 radical (unpaired) electrons. The number of nitrogens with zero attached hydrogens (tertiary/aromatic N) is 1. The van der Waals surface area contributed by atoms with E-state index in [4.69, 9.17) is 4.74 Å². The molecule has 0 saturated carbocycles. The van der Waals surface area contributed by atoms with E-state index in [-0.39, 0.29) is 6.04 Å². The van der Waals surface area contributed by atoms with Gasteiger partial charge in [0.15, 0.2) is 5.96 Å². The maximum atomic E-state index is 5.06. The Hall–Kier alpha value is -0.770. The van der Waals surface area contributed by atoms with E-state index in [0.29, 0.717) is 6.61 Å². The lowest BCUT2D eigenvalue weighted by atomic mass is 10.2. The Morgan fingerprint density at radius 3 is 2.62 bits per heavy atom. The van der Waals surface area contributed by atoms with E-state index >= 15 is 0 Å². The second kappa shape index (κ2) is 10.7. The first kappa shape index (κ1) is 15.2. The Bertz CT molecular complexity index is 183. The van der Waals surface area contributed by atoms with Gasteiger partial charge >= 0.3 is 0 Å². The molecule has 0 aliphatic rings. The van der Waals surface area contributed by atoms with Gasteiger partial charge < -0.3 is 15.4 Å². The summed E-state index contributed by atoms with van der Waals surface area (Å²) in [5.74, 6) is 0.862. The van der Waals surface area contributed by atoms with Crippen LogP contribution in [-0.2, 0) is 4.74 Å². The number of rotatable bonds is 8. The molecule has 0 rings (SSSR count). The molecule has 96 valence electrons. The van der Waals surface area contributed by atoms with Crippen LogP contribution in [0.3, 0.4) is 0 Å². The van der Waals surface area contributed by atoms with Crippen molar-refractivity contribution in [2.24, 2.45) is 4.99 Å². The molecule has 2 N–H and O–H groups in total. The molecule has 0 bridgehead atoms. The highest BCUT2D eigenvalue weighted by Gasteiger charge is 2.03. The van der Waals surface area contributed by atoms with Crippen molar-refractivity contribution in [2.75, 3.05) is 27.3 Å². The van der Waals surface area contributed by atoms with E-state index in [2.05, 4.69) is 29.5 Å². The van der Waals surface area contributed by atoms with Gasteiger partial charge in [-0.1, -0.05) is 26.2 Å². The number of aliphatic imine (C=N–C) groups is 1. The standard InChI is InChI=1S/C12H27N3O/c1-5-6-7-8-9-14-12(13-3)15-11(2)10-16-4/h11H,5-10H2,1-4H3,(H2,13,14,15). The first-order valence-electron chi connectivity index (χ1n) is 6.20. The highest BCUT2D eigenvalue weighted by Crippen LogP contribution is 1.96. The third-order valence-corrected chi connectivity index (χ3v) is 2.35. The Morgan fingerprint density at radius 1 is 1.31 bits per heavy atom. The van der Waals surface area contributed by atoms with Crippen LogP contribution in [0.5, 0.6) is 0 Å². The Balaban J connectivity index is 3.60. The van der Waals surface area contributed by atoms with Crippen molar-refractivity contribution in [1.29, 1.82) is 0 Å². The SMILES string of the molecule is CCCCCCNC(=NC)NC(C)COC. The zero-order chi connectivity index (χ0) is 12.2. The lowest BCUT2D eigenvalue weighted by Crippen LogP contribution is -2.44. The van der Waals surface area contributed by atoms with Gasteiger partial charge in [-0.05, 0) is 13.3 Å². The van der Waals surface area contributed by atoms with Gasteiger partial charge in [0, 0.05) is 26.7 Å². The first-order chi connectivity index (χ1) is 7.74. The number of unbranched alkanes of at least 4 members (excludes halogenated alkanes) is 3. The molecule has 0 heterocycles. The summed E-state index contributed by atoms with van der Waals surface area (Å²) in [6.45, 7) is 5.98. The molecule has 0 fully saturated rings. The van der Waals surface area contributed by atoms with Gasteiger partial charge in [0.05, 0.1) is 6.61 Å². The summed E-state index contributed by atoms with van der Waals surface area (Å²) in [7, 11) is 3.50. The maximum Gasteiger partial charge on any atom is 0.191 e. The lowest BCUT2D eigenvalue weighted by molar-refractivity contribution is 0.179. The average Bonchev–Trinajstić information content (AvgIpc) is 2.27. The molecule has 1 unspecified atom stereocenters. The summed E-state index contributed by atoms with van der Waals surface area (Å²) in [4.78, 5) is 4.17. The Morgan fingerprint density at radius 2 is 2.06 bits per heavy atom. The summed E-state index contributed by atoms with van der Waals surface area (Å²) in [5.41, 5.74) is 0. The minimum absolute atomic E-state index is 0.284. The fourth-order valence-corrected chi connectivity index (χ4v) is 1.48. The van der Waals surface area contributed by atoms with Crippen LogP contribution in [0.1, 0.15) is 39.5 Å². The van der Waals surface area contributed by atoms with E-state index in [1.54, 1.807) is 14.2 Å². The third-order valence-electron chi connectivity index (χ3n) is 2.35. The molecule has 0 aliphatic carbocycles. The molecule has 4 heteroatoms. The molecule has 0 aromatic carbocycles. The minimum Gasteiger partial charge on any atom is -0.383 e. The molecule has 4 nitrogen and oxygen atoms in total. The molecule has 0 aliphatic heterocycles. The summed E-state index contributed by atoms with van der Waals surface area (Å²) >= 11 is 0. The van der Waals surface area contributed by atoms with Gasteiger partial charge in [-0.25, -0.2) is 0 Å². The third kappa shape index (κ3) is 8.53. The zero-order valence-corrected chi connectivity index (χ0v) is 11.2. The van der Waals surface area contributed by atoms with E-state index in [9.17, 15) is 0 Å². The van der Waals surface area contributed by atoms with Crippen LogP contribution in [0.15, 0.2) is 4.99 Å². The van der Waals surface area contributed by atoms with Gasteiger partial charge in [-0.15, -0.1) is 0 Å². The van der Waals surface area contributed by atoms with Gasteiger partial charge in [0.1, 0.15) is 0 Å². The largest absolute Gasteiger partial charge is 0.383 e. The van der Waals surface area contributed by atoms with Crippen LogP contribution in [0.25, 0.3) is 0 Å². The molecule has 1 atom stereocenters. The second-order valence-corrected chi connectivity index (χ2v) is 4.06. The first-order valence-corrected chi connectivity index (χ1v) is 6.20. The average molecular weight is 229 g/mol. The second-order valence-electron chi connectivity index (χ2n) is 4.06. The summed E-state index contributed by atoms with van der Waals surface area (Å²) in [6.07, 6.45) is 5.08. The van der Waals surface area contributed by atoms with Gasteiger partial charge in [-0.2, -0.15) is 0 Å². The minimum atomic E-state index is 0.284. The predicted molar refractivity (Wildman–Crippen MR) is 70.0 cm³/mol.